The van der Waals surface area contributed by atoms with Crippen LogP contribution in [0.3, 0.4) is 0 Å². The summed E-state index contributed by atoms with van der Waals surface area (Å²) in [5, 5.41) is 3.28. The van der Waals surface area contributed by atoms with Crippen LogP contribution in [0.5, 0.6) is 0 Å². The van der Waals surface area contributed by atoms with Gasteiger partial charge in [-0.3, -0.25) is 4.79 Å². The molecule has 5 nitrogen and oxygen atoms in total. The summed E-state index contributed by atoms with van der Waals surface area (Å²) in [4.78, 5) is 12.9. The quantitative estimate of drug-likeness (QED) is 0.877. The van der Waals surface area contributed by atoms with E-state index in [0.29, 0.717) is 5.56 Å². The standard InChI is InChI=1S/C18H24N2O3S/c1-19-24(22,23)16-4-2-3-15(8-16)17(21)20-18-9-12-5-13(10-18)7-14(6-12)11-18/h2-4,8,12-14,19H,5-7,9-11H2,1H3,(H,20,21). The molecule has 1 aromatic carbocycles. The molecule has 4 fully saturated rings. The fourth-order valence-electron chi connectivity index (χ4n) is 5.50. The summed E-state index contributed by atoms with van der Waals surface area (Å²) in [7, 11) is -2.16. The highest BCUT2D eigenvalue weighted by molar-refractivity contribution is 7.89. The van der Waals surface area contributed by atoms with Crippen LogP contribution >= 0.6 is 0 Å². The Labute approximate surface area is 143 Å². The predicted octanol–water partition coefficient (Wildman–Crippen LogP) is 2.29. The van der Waals surface area contributed by atoms with Gasteiger partial charge in [0.1, 0.15) is 0 Å². The van der Waals surface area contributed by atoms with E-state index in [-0.39, 0.29) is 16.3 Å². The van der Waals surface area contributed by atoms with E-state index in [1.54, 1.807) is 12.1 Å². The van der Waals surface area contributed by atoms with Gasteiger partial charge in [0.2, 0.25) is 10.0 Å². The number of benzene rings is 1. The van der Waals surface area contributed by atoms with Crippen LogP contribution in [0.25, 0.3) is 0 Å². The average Bonchev–Trinajstić information content (AvgIpc) is 2.53. The summed E-state index contributed by atoms with van der Waals surface area (Å²) in [6.45, 7) is 0. The first-order chi connectivity index (χ1) is 11.4. The summed E-state index contributed by atoms with van der Waals surface area (Å²) in [5.74, 6) is 2.12. The zero-order valence-electron chi connectivity index (χ0n) is 13.9. The summed E-state index contributed by atoms with van der Waals surface area (Å²) in [5.41, 5.74) is 0.353. The zero-order chi connectivity index (χ0) is 16.9. The van der Waals surface area contributed by atoms with Gasteiger partial charge in [0.15, 0.2) is 0 Å². The highest BCUT2D eigenvalue weighted by atomic mass is 32.2. The number of carbonyl (C=O) groups is 1. The van der Waals surface area contributed by atoms with Crippen molar-refractivity contribution in [2.75, 3.05) is 7.05 Å². The van der Waals surface area contributed by atoms with Crippen molar-refractivity contribution in [2.45, 2.75) is 49.0 Å². The fourth-order valence-corrected chi connectivity index (χ4v) is 6.27. The topological polar surface area (TPSA) is 75.3 Å². The number of rotatable bonds is 4. The van der Waals surface area contributed by atoms with Gasteiger partial charge >= 0.3 is 0 Å². The SMILES string of the molecule is CNS(=O)(=O)c1cccc(C(=O)NC23CC4CC(CC(C4)C2)C3)c1. The van der Waals surface area contributed by atoms with Crippen LogP contribution in [-0.4, -0.2) is 26.9 Å². The van der Waals surface area contributed by atoms with Crippen molar-refractivity contribution in [1.82, 2.24) is 10.0 Å². The maximum absolute atomic E-state index is 12.8. The molecule has 4 aliphatic carbocycles. The number of hydrogen-bond acceptors (Lipinski definition) is 3. The molecule has 0 atom stereocenters. The third-order valence-electron chi connectivity index (χ3n) is 6.09. The van der Waals surface area contributed by atoms with Crippen molar-refractivity contribution in [3.8, 4) is 0 Å². The monoisotopic (exact) mass is 348 g/mol. The van der Waals surface area contributed by atoms with Crippen LogP contribution in [0.15, 0.2) is 29.2 Å². The second kappa shape index (κ2) is 5.56. The van der Waals surface area contributed by atoms with Crippen molar-refractivity contribution in [3.63, 3.8) is 0 Å². The summed E-state index contributed by atoms with van der Waals surface area (Å²) in [6.07, 6.45) is 7.22. The number of sulfonamides is 1. The Morgan fingerprint density at radius 3 is 2.21 bits per heavy atom. The van der Waals surface area contributed by atoms with Gasteiger partial charge in [-0.1, -0.05) is 6.07 Å². The van der Waals surface area contributed by atoms with Gasteiger partial charge in [0.25, 0.3) is 5.91 Å². The number of amides is 1. The number of hydrogen-bond donors (Lipinski definition) is 2. The van der Waals surface area contributed by atoms with E-state index in [2.05, 4.69) is 10.0 Å². The molecule has 5 rings (SSSR count). The average molecular weight is 348 g/mol. The normalized spacial score (nSPS) is 34.3. The lowest BCUT2D eigenvalue weighted by molar-refractivity contribution is -0.0167. The molecule has 0 heterocycles. The van der Waals surface area contributed by atoms with Crippen molar-refractivity contribution in [1.29, 1.82) is 0 Å². The molecule has 1 amide bonds. The van der Waals surface area contributed by atoms with Crippen molar-refractivity contribution in [3.05, 3.63) is 29.8 Å². The van der Waals surface area contributed by atoms with Crippen LogP contribution in [-0.2, 0) is 10.0 Å². The maximum atomic E-state index is 12.8. The van der Waals surface area contributed by atoms with Gasteiger partial charge in [0.05, 0.1) is 4.90 Å². The molecule has 6 heteroatoms. The molecular weight excluding hydrogens is 324 g/mol. The van der Waals surface area contributed by atoms with E-state index in [1.807, 2.05) is 0 Å². The molecule has 24 heavy (non-hydrogen) atoms. The molecule has 4 saturated carbocycles. The maximum Gasteiger partial charge on any atom is 0.251 e. The van der Waals surface area contributed by atoms with Crippen LogP contribution in [0.4, 0.5) is 0 Å². The molecule has 0 saturated heterocycles. The molecule has 0 aliphatic heterocycles. The summed E-state index contributed by atoms with van der Waals surface area (Å²) < 4.78 is 26.2. The Hall–Kier alpha value is -1.40. The van der Waals surface area contributed by atoms with Gasteiger partial charge in [0, 0.05) is 11.1 Å². The predicted molar refractivity (Wildman–Crippen MR) is 91.1 cm³/mol. The van der Waals surface area contributed by atoms with Crippen LogP contribution in [0.1, 0.15) is 48.9 Å². The zero-order valence-corrected chi connectivity index (χ0v) is 14.7. The van der Waals surface area contributed by atoms with Gasteiger partial charge in [-0.15, -0.1) is 0 Å². The van der Waals surface area contributed by atoms with E-state index in [4.69, 9.17) is 0 Å². The van der Waals surface area contributed by atoms with E-state index < -0.39 is 10.0 Å². The molecule has 0 unspecified atom stereocenters. The molecule has 0 spiro atoms. The molecular formula is C18H24N2O3S. The lowest BCUT2D eigenvalue weighted by Crippen LogP contribution is -2.59. The van der Waals surface area contributed by atoms with E-state index in [9.17, 15) is 13.2 Å². The van der Waals surface area contributed by atoms with Crippen LogP contribution < -0.4 is 10.0 Å². The summed E-state index contributed by atoms with van der Waals surface area (Å²) in [6, 6.07) is 6.28. The van der Waals surface area contributed by atoms with E-state index >= 15 is 0 Å². The van der Waals surface area contributed by atoms with Gasteiger partial charge in [-0.05, 0) is 81.5 Å². The van der Waals surface area contributed by atoms with Crippen molar-refractivity contribution >= 4 is 15.9 Å². The number of carbonyl (C=O) groups excluding carboxylic acids is 1. The van der Waals surface area contributed by atoms with Crippen molar-refractivity contribution in [2.24, 2.45) is 17.8 Å². The Morgan fingerprint density at radius 1 is 1.08 bits per heavy atom. The second-order valence-corrected chi connectivity index (χ2v) is 9.77. The molecule has 4 aliphatic rings. The first kappa shape index (κ1) is 16.1. The van der Waals surface area contributed by atoms with Gasteiger partial charge < -0.3 is 5.32 Å². The van der Waals surface area contributed by atoms with Crippen molar-refractivity contribution < 1.29 is 13.2 Å². The molecule has 4 bridgehead atoms. The lowest BCUT2D eigenvalue weighted by Gasteiger charge is -2.56. The molecule has 130 valence electrons. The molecule has 1 aromatic rings. The third kappa shape index (κ3) is 2.75. The highest BCUT2D eigenvalue weighted by Crippen LogP contribution is 2.55. The second-order valence-electron chi connectivity index (χ2n) is 7.89. The highest BCUT2D eigenvalue weighted by Gasteiger charge is 2.51. The largest absolute Gasteiger partial charge is 0.347 e. The fraction of sp³-hybridized carbons (Fsp3) is 0.611. The third-order valence-corrected chi connectivity index (χ3v) is 7.50. The van der Waals surface area contributed by atoms with E-state index in [1.165, 1.54) is 38.4 Å². The molecule has 2 N–H and O–H groups in total. The van der Waals surface area contributed by atoms with Crippen LogP contribution in [0, 0.1) is 17.8 Å². The first-order valence-electron chi connectivity index (χ1n) is 8.75. The smallest absolute Gasteiger partial charge is 0.251 e. The minimum absolute atomic E-state index is 0.0658. The van der Waals surface area contributed by atoms with Crippen LogP contribution in [0.2, 0.25) is 0 Å². The molecule has 0 aromatic heterocycles. The molecule has 0 radical (unpaired) electrons. The Kier molecular flexibility index (Phi) is 3.73. The Balaban J connectivity index is 1.56. The minimum atomic E-state index is -3.54. The Bertz CT molecular complexity index is 737. The lowest BCUT2D eigenvalue weighted by atomic mass is 9.53. The van der Waals surface area contributed by atoms with Gasteiger partial charge in [-0.2, -0.15) is 0 Å². The Morgan fingerprint density at radius 2 is 1.67 bits per heavy atom. The summed E-state index contributed by atoms with van der Waals surface area (Å²) >= 11 is 0. The number of nitrogens with one attached hydrogen (secondary N) is 2. The van der Waals surface area contributed by atoms with Gasteiger partial charge in [-0.25, -0.2) is 13.1 Å². The first-order valence-corrected chi connectivity index (χ1v) is 10.2. The van der Waals surface area contributed by atoms with E-state index in [0.717, 1.165) is 37.0 Å². The minimum Gasteiger partial charge on any atom is -0.347 e.